The molecule has 3 rings (SSSR count). The number of hydrogen-bond donors (Lipinski definition) is 0. The Bertz CT molecular complexity index is 791. The second-order valence-electron chi connectivity index (χ2n) is 5.90. The van der Waals surface area contributed by atoms with E-state index in [-0.39, 0.29) is 11.7 Å². The van der Waals surface area contributed by atoms with Crippen molar-refractivity contribution in [2.75, 3.05) is 45.3 Å². The topological polar surface area (TPSA) is 54.9 Å². The fourth-order valence-electron chi connectivity index (χ4n) is 2.46. The molecule has 6 nitrogen and oxygen atoms in total. The van der Waals surface area contributed by atoms with Crippen LogP contribution in [-0.2, 0) is 14.3 Å². The maximum atomic E-state index is 12.9. The van der Waals surface area contributed by atoms with Crippen molar-refractivity contribution in [2.24, 2.45) is 0 Å². The van der Waals surface area contributed by atoms with E-state index < -0.39 is 0 Å². The second kappa shape index (κ2) is 8.03. The van der Waals surface area contributed by atoms with Crippen LogP contribution in [0.2, 0.25) is 5.02 Å². The standard InChI is InChI=1S/C17H20ClN3O3S/c1-20(2)7-4-8-21(16(22)13-11-23-9-10-24-13)17-19-15-12(18)5-3-6-14(15)25-17/h3,5-6,11H,4,7-10H2,1-2H3. The summed E-state index contributed by atoms with van der Waals surface area (Å²) in [6.45, 7) is 2.23. The molecule has 1 aromatic carbocycles. The molecule has 0 unspecified atom stereocenters. The first-order chi connectivity index (χ1) is 12.1. The molecule has 0 saturated heterocycles. The first-order valence-electron chi connectivity index (χ1n) is 8.02. The zero-order valence-electron chi connectivity index (χ0n) is 14.2. The van der Waals surface area contributed by atoms with E-state index in [1.807, 2.05) is 26.2 Å². The van der Waals surface area contributed by atoms with E-state index in [2.05, 4.69) is 9.88 Å². The van der Waals surface area contributed by atoms with Gasteiger partial charge in [-0.3, -0.25) is 9.69 Å². The number of anilines is 1. The second-order valence-corrected chi connectivity index (χ2v) is 7.31. The summed E-state index contributed by atoms with van der Waals surface area (Å²) in [6.07, 6.45) is 2.20. The Kier molecular flexibility index (Phi) is 5.78. The Morgan fingerprint density at radius 1 is 1.32 bits per heavy atom. The van der Waals surface area contributed by atoms with Crippen molar-refractivity contribution in [1.82, 2.24) is 9.88 Å². The van der Waals surface area contributed by atoms with Crippen molar-refractivity contribution in [3.63, 3.8) is 0 Å². The summed E-state index contributed by atoms with van der Waals surface area (Å²) in [4.78, 5) is 21.2. The SMILES string of the molecule is CN(C)CCCN(C(=O)C1=COCCO1)c1nc2c(Cl)cccc2s1. The van der Waals surface area contributed by atoms with E-state index in [4.69, 9.17) is 21.1 Å². The van der Waals surface area contributed by atoms with Crippen LogP contribution in [0.5, 0.6) is 0 Å². The molecule has 1 aliphatic heterocycles. The Morgan fingerprint density at radius 2 is 2.16 bits per heavy atom. The lowest BCUT2D eigenvalue weighted by Gasteiger charge is -2.23. The van der Waals surface area contributed by atoms with E-state index >= 15 is 0 Å². The number of carbonyl (C=O) groups excluding carboxylic acids is 1. The van der Waals surface area contributed by atoms with Gasteiger partial charge in [-0.1, -0.05) is 29.0 Å². The van der Waals surface area contributed by atoms with Crippen LogP contribution in [0.15, 0.2) is 30.2 Å². The van der Waals surface area contributed by atoms with Crippen molar-refractivity contribution < 1.29 is 14.3 Å². The average Bonchev–Trinajstić information content (AvgIpc) is 3.04. The van der Waals surface area contributed by atoms with Crippen LogP contribution in [0.3, 0.4) is 0 Å². The first-order valence-corrected chi connectivity index (χ1v) is 9.22. The Labute approximate surface area is 155 Å². The molecule has 8 heteroatoms. The molecule has 0 aliphatic carbocycles. The van der Waals surface area contributed by atoms with Gasteiger partial charge >= 0.3 is 0 Å². The Morgan fingerprint density at radius 3 is 2.84 bits per heavy atom. The number of fused-ring (bicyclic) bond motifs is 1. The Balaban J connectivity index is 1.89. The molecule has 0 fully saturated rings. The predicted octanol–water partition coefficient (Wildman–Crippen LogP) is 3.12. The largest absolute Gasteiger partial charge is 0.494 e. The molecular formula is C17H20ClN3O3S. The highest BCUT2D eigenvalue weighted by Crippen LogP contribution is 2.33. The lowest BCUT2D eigenvalue weighted by molar-refractivity contribution is -0.119. The minimum absolute atomic E-state index is 0.210. The van der Waals surface area contributed by atoms with Gasteiger partial charge in [-0.15, -0.1) is 0 Å². The molecule has 1 aromatic heterocycles. The average molecular weight is 382 g/mol. The summed E-state index contributed by atoms with van der Waals surface area (Å²) in [5.41, 5.74) is 0.712. The molecule has 25 heavy (non-hydrogen) atoms. The zero-order chi connectivity index (χ0) is 17.8. The molecule has 1 aliphatic rings. The maximum Gasteiger partial charge on any atom is 0.298 e. The fourth-order valence-corrected chi connectivity index (χ4v) is 3.75. The van der Waals surface area contributed by atoms with Gasteiger partial charge in [0, 0.05) is 6.54 Å². The number of rotatable bonds is 6. The van der Waals surface area contributed by atoms with Crippen molar-refractivity contribution in [3.8, 4) is 0 Å². The van der Waals surface area contributed by atoms with E-state index in [1.54, 1.807) is 11.0 Å². The molecule has 0 N–H and O–H groups in total. The normalized spacial score (nSPS) is 14.2. The van der Waals surface area contributed by atoms with E-state index in [0.29, 0.717) is 35.4 Å². The number of thiazole rings is 1. The molecule has 0 radical (unpaired) electrons. The number of amides is 1. The predicted molar refractivity (Wildman–Crippen MR) is 100 cm³/mol. The van der Waals surface area contributed by atoms with Crippen molar-refractivity contribution >= 4 is 44.2 Å². The molecular weight excluding hydrogens is 362 g/mol. The third kappa shape index (κ3) is 4.23. The van der Waals surface area contributed by atoms with Gasteiger partial charge in [-0.25, -0.2) is 4.98 Å². The number of carbonyl (C=O) groups is 1. The summed E-state index contributed by atoms with van der Waals surface area (Å²) in [5.74, 6) is -0.0323. The smallest absolute Gasteiger partial charge is 0.298 e. The number of aromatic nitrogens is 1. The minimum Gasteiger partial charge on any atom is -0.494 e. The van der Waals surface area contributed by atoms with Gasteiger partial charge < -0.3 is 14.4 Å². The molecule has 2 aromatic rings. The minimum atomic E-state index is -0.242. The molecule has 0 bridgehead atoms. The highest BCUT2D eigenvalue weighted by molar-refractivity contribution is 7.22. The molecule has 0 saturated carbocycles. The number of halogens is 1. The summed E-state index contributed by atoms with van der Waals surface area (Å²) >= 11 is 7.67. The van der Waals surface area contributed by atoms with Crippen LogP contribution in [0.4, 0.5) is 5.13 Å². The van der Waals surface area contributed by atoms with Crippen LogP contribution >= 0.6 is 22.9 Å². The van der Waals surface area contributed by atoms with Crippen LogP contribution in [0, 0.1) is 0 Å². The van der Waals surface area contributed by atoms with Gasteiger partial charge in [-0.2, -0.15) is 0 Å². The van der Waals surface area contributed by atoms with Gasteiger partial charge in [0.25, 0.3) is 5.91 Å². The molecule has 0 atom stereocenters. The molecule has 1 amide bonds. The Hall–Kier alpha value is -1.83. The number of nitrogens with zero attached hydrogens (tertiary/aromatic N) is 3. The van der Waals surface area contributed by atoms with Crippen LogP contribution in [0.25, 0.3) is 10.2 Å². The quantitative estimate of drug-likeness (QED) is 0.769. The van der Waals surface area contributed by atoms with Gasteiger partial charge in [0.15, 0.2) is 5.13 Å². The van der Waals surface area contributed by atoms with Crippen molar-refractivity contribution in [3.05, 3.63) is 35.2 Å². The summed E-state index contributed by atoms with van der Waals surface area (Å²) in [6, 6.07) is 5.63. The molecule has 134 valence electrons. The monoisotopic (exact) mass is 381 g/mol. The van der Waals surface area contributed by atoms with Gasteiger partial charge in [-0.05, 0) is 39.2 Å². The summed E-state index contributed by atoms with van der Waals surface area (Å²) in [7, 11) is 4.01. The third-order valence-corrected chi connectivity index (χ3v) is 5.03. The first kappa shape index (κ1) is 18.0. The highest BCUT2D eigenvalue weighted by atomic mass is 35.5. The van der Waals surface area contributed by atoms with E-state index in [1.165, 1.54) is 17.6 Å². The van der Waals surface area contributed by atoms with Crippen molar-refractivity contribution in [1.29, 1.82) is 0 Å². The number of ether oxygens (including phenoxy) is 2. The van der Waals surface area contributed by atoms with E-state index in [0.717, 1.165) is 17.7 Å². The van der Waals surface area contributed by atoms with E-state index in [9.17, 15) is 4.79 Å². The zero-order valence-corrected chi connectivity index (χ0v) is 15.8. The third-order valence-electron chi connectivity index (χ3n) is 3.68. The lowest BCUT2D eigenvalue weighted by atomic mass is 10.3. The summed E-state index contributed by atoms with van der Waals surface area (Å²) < 4.78 is 11.6. The fraction of sp³-hybridized carbons (Fsp3) is 0.412. The number of hydrogen-bond acceptors (Lipinski definition) is 6. The number of para-hydroxylation sites is 1. The maximum absolute atomic E-state index is 12.9. The molecule has 2 heterocycles. The van der Waals surface area contributed by atoms with Crippen LogP contribution in [-0.4, -0.2) is 56.2 Å². The van der Waals surface area contributed by atoms with Crippen LogP contribution < -0.4 is 4.90 Å². The van der Waals surface area contributed by atoms with Crippen LogP contribution in [0.1, 0.15) is 6.42 Å². The van der Waals surface area contributed by atoms with Gasteiger partial charge in [0.2, 0.25) is 5.76 Å². The number of benzene rings is 1. The van der Waals surface area contributed by atoms with Crippen molar-refractivity contribution in [2.45, 2.75) is 6.42 Å². The van der Waals surface area contributed by atoms with Gasteiger partial charge in [0.1, 0.15) is 25.0 Å². The molecule has 0 spiro atoms. The summed E-state index contributed by atoms with van der Waals surface area (Å²) in [5, 5.41) is 1.19. The lowest BCUT2D eigenvalue weighted by Crippen LogP contribution is -2.36. The highest BCUT2D eigenvalue weighted by Gasteiger charge is 2.26. The van der Waals surface area contributed by atoms with Gasteiger partial charge in [0.05, 0.1) is 9.72 Å².